The predicted octanol–water partition coefficient (Wildman–Crippen LogP) is 3.03. The van der Waals surface area contributed by atoms with Crippen LogP contribution in [0, 0.1) is 21.4 Å². The van der Waals surface area contributed by atoms with E-state index in [1.54, 1.807) is 11.8 Å². The molecule has 0 saturated carbocycles. The first-order valence-corrected chi connectivity index (χ1v) is 7.74. The number of rotatable bonds is 3. The van der Waals surface area contributed by atoms with Crippen LogP contribution in [0.15, 0.2) is 12.1 Å². The molecule has 0 bridgehead atoms. The van der Waals surface area contributed by atoms with Gasteiger partial charge in [0.1, 0.15) is 10.6 Å². The molecule has 6 nitrogen and oxygen atoms in total. The minimum absolute atomic E-state index is 0.00243. The SMILES string of the molecule is N#CC1(NC(=O)c2cc(Cl)c(Cl)c([N+](=O)[O-])c2)CCSC1. The molecule has 1 aliphatic heterocycles. The largest absolute Gasteiger partial charge is 0.333 e. The number of nitrogens with one attached hydrogen (secondary N) is 1. The van der Waals surface area contributed by atoms with Crippen LogP contribution in [0.1, 0.15) is 16.8 Å². The molecule has 0 aromatic heterocycles. The van der Waals surface area contributed by atoms with Crippen molar-refractivity contribution in [3.63, 3.8) is 0 Å². The van der Waals surface area contributed by atoms with Crippen LogP contribution in [-0.2, 0) is 0 Å². The Bertz CT molecular complexity index is 654. The van der Waals surface area contributed by atoms with Crippen LogP contribution in [-0.4, -0.2) is 27.9 Å². The summed E-state index contributed by atoms with van der Waals surface area (Å²) in [6.45, 7) is 0. The minimum atomic E-state index is -0.942. The normalized spacial score (nSPS) is 20.8. The lowest BCUT2D eigenvalue weighted by Gasteiger charge is -2.21. The number of halogens is 2. The molecular weight excluding hydrogens is 337 g/mol. The Hall–Kier alpha value is -1.49. The van der Waals surface area contributed by atoms with Gasteiger partial charge in [-0.3, -0.25) is 14.9 Å². The van der Waals surface area contributed by atoms with E-state index >= 15 is 0 Å². The third-order valence-electron chi connectivity index (χ3n) is 3.06. The molecule has 0 spiro atoms. The van der Waals surface area contributed by atoms with Gasteiger partial charge < -0.3 is 5.32 Å². The van der Waals surface area contributed by atoms with Crippen LogP contribution in [0.2, 0.25) is 10.0 Å². The maximum Gasteiger partial charge on any atom is 0.290 e. The highest BCUT2D eigenvalue weighted by molar-refractivity contribution is 7.99. The van der Waals surface area contributed by atoms with Crippen LogP contribution in [0.3, 0.4) is 0 Å². The van der Waals surface area contributed by atoms with E-state index in [1.165, 1.54) is 6.07 Å². The molecular formula is C12H9Cl2N3O3S. The molecule has 0 radical (unpaired) electrons. The molecule has 1 N–H and O–H groups in total. The summed E-state index contributed by atoms with van der Waals surface area (Å²) in [5.74, 6) is 0.675. The number of nitrogens with zero attached hydrogens (tertiary/aromatic N) is 2. The number of amides is 1. The van der Waals surface area contributed by atoms with Crippen LogP contribution in [0.25, 0.3) is 0 Å². The van der Waals surface area contributed by atoms with Crippen LogP contribution < -0.4 is 5.32 Å². The van der Waals surface area contributed by atoms with Gasteiger partial charge in [0, 0.05) is 17.4 Å². The van der Waals surface area contributed by atoms with E-state index in [4.69, 9.17) is 23.2 Å². The fourth-order valence-electron chi connectivity index (χ4n) is 1.91. The van der Waals surface area contributed by atoms with Crippen LogP contribution in [0.5, 0.6) is 0 Å². The van der Waals surface area contributed by atoms with Crippen molar-refractivity contribution in [2.75, 3.05) is 11.5 Å². The van der Waals surface area contributed by atoms with Crippen molar-refractivity contribution in [3.05, 3.63) is 37.9 Å². The zero-order valence-corrected chi connectivity index (χ0v) is 12.9. The molecule has 21 heavy (non-hydrogen) atoms. The molecule has 1 heterocycles. The first-order valence-electron chi connectivity index (χ1n) is 5.83. The van der Waals surface area contributed by atoms with E-state index < -0.39 is 22.1 Å². The van der Waals surface area contributed by atoms with Crippen molar-refractivity contribution in [2.45, 2.75) is 12.0 Å². The fraction of sp³-hybridized carbons (Fsp3) is 0.333. The maximum absolute atomic E-state index is 12.2. The molecule has 1 saturated heterocycles. The number of thioether (sulfide) groups is 1. The van der Waals surface area contributed by atoms with Gasteiger partial charge in [-0.2, -0.15) is 17.0 Å². The second-order valence-electron chi connectivity index (χ2n) is 4.50. The summed E-state index contributed by atoms with van der Waals surface area (Å²) < 4.78 is 0. The highest BCUT2D eigenvalue weighted by atomic mass is 35.5. The summed E-state index contributed by atoms with van der Waals surface area (Å²) in [6.07, 6.45) is 0.531. The average molecular weight is 346 g/mol. The zero-order chi connectivity index (χ0) is 15.6. The van der Waals surface area contributed by atoms with Gasteiger partial charge in [0.25, 0.3) is 11.6 Å². The Labute approximate surface area is 134 Å². The van der Waals surface area contributed by atoms with Gasteiger partial charge >= 0.3 is 0 Å². The molecule has 110 valence electrons. The zero-order valence-electron chi connectivity index (χ0n) is 10.6. The van der Waals surface area contributed by atoms with Crippen molar-refractivity contribution in [1.29, 1.82) is 5.26 Å². The Balaban J connectivity index is 2.32. The van der Waals surface area contributed by atoms with Gasteiger partial charge in [-0.25, -0.2) is 0 Å². The molecule has 1 unspecified atom stereocenters. The number of benzene rings is 1. The Morgan fingerprint density at radius 3 is 2.76 bits per heavy atom. The highest BCUT2D eigenvalue weighted by Gasteiger charge is 2.36. The maximum atomic E-state index is 12.2. The molecule has 9 heteroatoms. The van der Waals surface area contributed by atoms with Crippen molar-refractivity contribution in [1.82, 2.24) is 5.32 Å². The first kappa shape index (κ1) is 15.9. The topological polar surface area (TPSA) is 96.0 Å². The lowest BCUT2D eigenvalue weighted by molar-refractivity contribution is -0.384. The third-order valence-corrected chi connectivity index (χ3v) is 5.04. The standard InChI is InChI=1S/C12H9Cl2N3O3S/c13-8-3-7(4-9(10(8)14)17(19)20)11(18)16-12(5-15)1-2-21-6-12/h3-4H,1-2,6H2,(H,16,18). The lowest BCUT2D eigenvalue weighted by atomic mass is 10.0. The van der Waals surface area contributed by atoms with Crippen molar-refractivity contribution in [3.8, 4) is 6.07 Å². The van der Waals surface area contributed by atoms with Gasteiger partial charge in [0.15, 0.2) is 0 Å². The second-order valence-corrected chi connectivity index (χ2v) is 6.39. The predicted molar refractivity (Wildman–Crippen MR) is 80.9 cm³/mol. The third kappa shape index (κ3) is 3.23. The summed E-state index contributed by atoms with van der Waals surface area (Å²) in [4.78, 5) is 22.4. The number of carbonyl (C=O) groups excluding carboxylic acids is 1. The summed E-state index contributed by atoms with van der Waals surface area (Å²) in [6, 6.07) is 4.40. The number of nitro groups is 1. The summed E-state index contributed by atoms with van der Waals surface area (Å²) in [5, 5.41) is 22.4. The molecule has 1 fully saturated rings. The number of nitriles is 1. The summed E-state index contributed by atoms with van der Waals surface area (Å²) in [5.41, 5.74) is -1.38. The van der Waals surface area contributed by atoms with Gasteiger partial charge in [-0.15, -0.1) is 0 Å². The van der Waals surface area contributed by atoms with E-state index in [0.29, 0.717) is 12.2 Å². The Morgan fingerprint density at radius 2 is 2.24 bits per heavy atom. The number of hydrogen-bond donors (Lipinski definition) is 1. The smallest absolute Gasteiger partial charge is 0.290 e. The van der Waals surface area contributed by atoms with Gasteiger partial charge in [0.05, 0.1) is 16.0 Å². The number of carbonyl (C=O) groups is 1. The van der Waals surface area contributed by atoms with E-state index in [0.717, 1.165) is 11.8 Å². The number of nitro benzene ring substituents is 1. The molecule has 1 aliphatic rings. The van der Waals surface area contributed by atoms with E-state index in [2.05, 4.69) is 11.4 Å². The highest BCUT2D eigenvalue weighted by Crippen LogP contribution is 2.33. The van der Waals surface area contributed by atoms with E-state index in [1.807, 2.05) is 0 Å². The second kappa shape index (κ2) is 6.10. The van der Waals surface area contributed by atoms with E-state index in [-0.39, 0.29) is 15.6 Å². The monoisotopic (exact) mass is 345 g/mol. The van der Waals surface area contributed by atoms with Crippen molar-refractivity contribution in [2.24, 2.45) is 0 Å². The fourth-order valence-corrected chi connectivity index (χ4v) is 3.57. The lowest BCUT2D eigenvalue weighted by Crippen LogP contribution is -2.47. The number of hydrogen-bond acceptors (Lipinski definition) is 5. The first-order chi connectivity index (χ1) is 9.88. The van der Waals surface area contributed by atoms with Crippen molar-refractivity contribution >= 4 is 46.6 Å². The molecule has 0 aliphatic carbocycles. The van der Waals surface area contributed by atoms with E-state index in [9.17, 15) is 20.2 Å². The molecule has 2 rings (SSSR count). The molecule has 1 atom stereocenters. The van der Waals surface area contributed by atoms with Crippen LogP contribution in [0.4, 0.5) is 5.69 Å². The average Bonchev–Trinajstić information content (AvgIpc) is 2.90. The summed E-state index contributed by atoms with van der Waals surface area (Å²) in [7, 11) is 0. The van der Waals surface area contributed by atoms with Crippen LogP contribution >= 0.6 is 35.0 Å². The molecule has 1 aromatic rings. The quantitative estimate of drug-likeness (QED) is 0.670. The van der Waals surface area contributed by atoms with Gasteiger partial charge in [-0.05, 0) is 18.2 Å². The molecule has 1 amide bonds. The van der Waals surface area contributed by atoms with Gasteiger partial charge in [0.2, 0.25) is 0 Å². The molecule has 1 aromatic carbocycles. The van der Waals surface area contributed by atoms with Crippen molar-refractivity contribution < 1.29 is 9.72 Å². The Kier molecular flexibility index (Phi) is 4.61. The Morgan fingerprint density at radius 1 is 1.52 bits per heavy atom. The summed E-state index contributed by atoms with van der Waals surface area (Å²) >= 11 is 13.1. The van der Waals surface area contributed by atoms with Gasteiger partial charge in [-0.1, -0.05) is 23.2 Å². The minimum Gasteiger partial charge on any atom is -0.333 e.